The number of carbonyl (C=O) groups excluding carboxylic acids is 2. The molecule has 8 heteroatoms. The summed E-state index contributed by atoms with van der Waals surface area (Å²) in [5.41, 5.74) is 1.16. The molecule has 3 aromatic rings. The van der Waals surface area contributed by atoms with Crippen molar-refractivity contribution in [1.29, 1.82) is 0 Å². The van der Waals surface area contributed by atoms with Gasteiger partial charge in [-0.15, -0.1) is 18.2 Å². The van der Waals surface area contributed by atoms with Crippen LogP contribution in [0.5, 0.6) is 0 Å². The third kappa shape index (κ3) is 5.62. The smallest absolute Gasteiger partial charge is 0.242 e. The molecule has 0 atom stereocenters. The molecule has 0 spiro atoms. The molecule has 2 aromatic carbocycles. The summed E-state index contributed by atoms with van der Waals surface area (Å²) < 4.78 is 18.9. The molecule has 0 fully saturated rings. The Morgan fingerprint density at radius 2 is 1.75 bits per heavy atom. The molecule has 0 aliphatic heterocycles. The zero-order valence-electron chi connectivity index (χ0n) is 17.3. The quantitative estimate of drug-likeness (QED) is 0.363. The normalized spacial score (nSPS) is 10.7. The predicted octanol–water partition coefficient (Wildman–Crippen LogP) is 3.71. The number of nitrogens with zero attached hydrogens (tertiary/aromatic N) is 2. The van der Waals surface area contributed by atoms with Crippen LogP contribution in [0, 0.1) is 5.82 Å². The summed E-state index contributed by atoms with van der Waals surface area (Å²) in [6, 6.07) is 12.5. The molecule has 0 radical (unpaired) electrons. The first-order valence-corrected chi connectivity index (χ1v) is 10.4. The van der Waals surface area contributed by atoms with Crippen molar-refractivity contribution >= 4 is 34.4 Å². The van der Waals surface area contributed by atoms with Gasteiger partial charge in [0.05, 0.1) is 23.8 Å². The van der Waals surface area contributed by atoms with Crippen molar-refractivity contribution in [2.45, 2.75) is 13.1 Å². The van der Waals surface area contributed by atoms with E-state index in [9.17, 15) is 18.8 Å². The molecule has 0 unspecified atom stereocenters. The van der Waals surface area contributed by atoms with E-state index in [1.165, 1.54) is 34.3 Å². The van der Waals surface area contributed by atoms with E-state index in [1.54, 1.807) is 36.4 Å². The van der Waals surface area contributed by atoms with Gasteiger partial charge in [0.2, 0.25) is 11.8 Å². The molecule has 3 rings (SSSR count). The van der Waals surface area contributed by atoms with E-state index >= 15 is 0 Å². The zero-order valence-corrected chi connectivity index (χ0v) is 18.1. The maximum Gasteiger partial charge on any atom is 0.242 e. The van der Waals surface area contributed by atoms with Crippen molar-refractivity contribution in [3.63, 3.8) is 0 Å². The van der Waals surface area contributed by atoms with Crippen LogP contribution in [0.4, 0.5) is 4.39 Å². The lowest BCUT2D eigenvalue weighted by Gasteiger charge is -2.27. The van der Waals surface area contributed by atoms with Gasteiger partial charge >= 0.3 is 0 Å². The molecule has 6 nitrogen and oxygen atoms in total. The molecule has 0 aliphatic carbocycles. The number of amides is 2. The van der Waals surface area contributed by atoms with Crippen LogP contribution in [-0.2, 0) is 22.7 Å². The van der Waals surface area contributed by atoms with E-state index in [-0.39, 0.29) is 43.1 Å². The molecule has 2 amide bonds. The van der Waals surface area contributed by atoms with Gasteiger partial charge in [0, 0.05) is 13.1 Å². The van der Waals surface area contributed by atoms with Gasteiger partial charge in [-0.2, -0.15) is 0 Å². The number of benzene rings is 2. The Labute approximate surface area is 189 Å². The highest BCUT2D eigenvalue weighted by Crippen LogP contribution is 2.14. The van der Waals surface area contributed by atoms with Crippen LogP contribution >= 0.6 is 11.6 Å². The molecule has 1 heterocycles. The van der Waals surface area contributed by atoms with Gasteiger partial charge in [0.15, 0.2) is 5.43 Å². The van der Waals surface area contributed by atoms with Gasteiger partial charge in [0.1, 0.15) is 23.8 Å². The molecule has 1 aromatic heterocycles. The fraction of sp³-hybridized carbons (Fsp3) is 0.208. The average molecular weight is 457 g/mol. The molecular formula is C24H22ClFN2O4. The summed E-state index contributed by atoms with van der Waals surface area (Å²) in [5.74, 6) is -1.48. The molecule has 166 valence electrons. The Morgan fingerprint density at radius 1 is 1.03 bits per heavy atom. The molecule has 0 bridgehead atoms. The highest BCUT2D eigenvalue weighted by atomic mass is 35.5. The average Bonchev–Trinajstić information content (AvgIpc) is 2.81. The first-order chi connectivity index (χ1) is 15.4. The monoisotopic (exact) mass is 456 g/mol. The van der Waals surface area contributed by atoms with Gasteiger partial charge in [-0.1, -0.05) is 30.3 Å². The lowest BCUT2D eigenvalue weighted by Crippen LogP contribution is -2.43. The first-order valence-electron chi connectivity index (χ1n) is 9.89. The molecule has 0 saturated carbocycles. The lowest BCUT2D eigenvalue weighted by atomic mass is 10.1. The Hall–Kier alpha value is -3.45. The first kappa shape index (κ1) is 23.2. The van der Waals surface area contributed by atoms with Crippen LogP contribution in [-0.4, -0.2) is 40.6 Å². The number of hydrogen-bond acceptors (Lipinski definition) is 4. The van der Waals surface area contributed by atoms with Crippen molar-refractivity contribution < 1.29 is 18.4 Å². The minimum atomic E-state index is -0.410. The Morgan fingerprint density at radius 3 is 2.44 bits per heavy atom. The number of para-hydroxylation sites is 1. The van der Waals surface area contributed by atoms with Gasteiger partial charge < -0.3 is 14.2 Å². The fourth-order valence-electron chi connectivity index (χ4n) is 3.23. The van der Waals surface area contributed by atoms with Crippen LogP contribution in [0.15, 0.2) is 76.7 Å². The van der Waals surface area contributed by atoms with E-state index in [2.05, 4.69) is 6.58 Å². The largest absolute Gasteiger partial charge is 0.464 e. The van der Waals surface area contributed by atoms with Crippen molar-refractivity contribution in [2.75, 3.05) is 19.0 Å². The Bertz CT molecular complexity index is 1180. The third-order valence-electron chi connectivity index (χ3n) is 4.89. The topological polar surface area (TPSA) is 70.8 Å². The van der Waals surface area contributed by atoms with Gasteiger partial charge in [0.25, 0.3) is 0 Å². The minimum Gasteiger partial charge on any atom is -0.464 e. The van der Waals surface area contributed by atoms with Crippen LogP contribution in [0.3, 0.4) is 0 Å². The second-order valence-corrected chi connectivity index (χ2v) is 7.43. The van der Waals surface area contributed by atoms with Gasteiger partial charge in [-0.05, 0) is 29.8 Å². The van der Waals surface area contributed by atoms with Crippen molar-refractivity contribution in [3.8, 4) is 0 Å². The molecule has 0 N–H and O–H groups in total. The van der Waals surface area contributed by atoms with E-state index in [1.807, 2.05) is 0 Å². The van der Waals surface area contributed by atoms with Crippen LogP contribution in [0.1, 0.15) is 11.1 Å². The van der Waals surface area contributed by atoms with Crippen LogP contribution < -0.4 is 5.43 Å². The number of fused-ring (bicyclic) bond motifs is 1. The van der Waals surface area contributed by atoms with Crippen molar-refractivity contribution in [3.05, 3.63) is 94.6 Å². The standard InChI is InChI=1S/C24H22ClFN2O4/c1-2-11-27(22(29)12-25)15-23(30)28(13-17-7-9-19(26)10-8-17)14-18-16-32-21-6-4-3-5-20(21)24(18)31/h2-10,16H,1,11-15H2. The van der Waals surface area contributed by atoms with E-state index in [0.717, 1.165) is 0 Å². The summed E-state index contributed by atoms with van der Waals surface area (Å²) in [5, 5.41) is 0.407. The number of hydrogen-bond donors (Lipinski definition) is 0. The predicted molar refractivity (Wildman–Crippen MR) is 121 cm³/mol. The maximum atomic E-state index is 13.3. The summed E-state index contributed by atoms with van der Waals surface area (Å²) in [4.78, 5) is 40.9. The second kappa shape index (κ2) is 10.7. The second-order valence-electron chi connectivity index (χ2n) is 7.16. The van der Waals surface area contributed by atoms with E-state index < -0.39 is 17.6 Å². The molecule has 0 aliphatic rings. The van der Waals surface area contributed by atoms with Crippen LogP contribution in [0.2, 0.25) is 0 Å². The fourth-order valence-corrected chi connectivity index (χ4v) is 3.40. The minimum absolute atomic E-state index is 0.0413. The summed E-state index contributed by atoms with van der Waals surface area (Å²) >= 11 is 5.66. The lowest BCUT2D eigenvalue weighted by molar-refractivity contribution is -0.139. The van der Waals surface area contributed by atoms with Gasteiger partial charge in [-0.25, -0.2) is 4.39 Å². The summed E-state index contributed by atoms with van der Waals surface area (Å²) in [7, 11) is 0. The Balaban J connectivity index is 1.91. The van der Waals surface area contributed by atoms with Crippen molar-refractivity contribution in [1.82, 2.24) is 9.80 Å². The van der Waals surface area contributed by atoms with Crippen molar-refractivity contribution in [2.24, 2.45) is 0 Å². The summed E-state index contributed by atoms with van der Waals surface area (Å²) in [6.45, 7) is 3.59. The highest BCUT2D eigenvalue weighted by molar-refractivity contribution is 6.27. The SMILES string of the molecule is C=CCN(CC(=O)N(Cc1ccc(F)cc1)Cc1coc2ccccc2c1=O)C(=O)CCl. The molecular weight excluding hydrogens is 435 g/mol. The van der Waals surface area contributed by atoms with Crippen LogP contribution in [0.25, 0.3) is 11.0 Å². The maximum absolute atomic E-state index is 13.3. The third-order valence-corrected chi connectivity index (χ3v) is 5.12. The highest BCUT2D eigenvalue weighted by Gasteiger charge is 2.22. The summed E-state index contributed by atoms with van der Waals surface area (Å²) in [6.07, 6.45) is 2.83. The number of alkyl halides is 1. The van der Waals surface area contributed by atoms with E-state index in [4.69, 9.17) is 16.0 Å². The number of halogens is 2. The molecule has 32 heavy (non-hydrogen) atoms. The Kier molecular flexibility index (Phi) is 7.78. The molecule has 0 saturated heterocycles. The number of rotatable bonds is 9. The zero-order chi connectivity index (χ0) is 23.1. The number of carbonyl (C=O) groups is 2. The van der Waals surface area contributed by atoms with Gasteiger partial charge in [-0.3, -0.25) is 14.4 Å². The van der Waals surface area contributed by atoms with E-state index in [0.29, 0.717) is 16.5 Å².